The molecule has 1 fully saturated rings. The van der Waals surface area contributed by atoms with Crippen molar-refractivity contribution in [2.75, 3.05) is 39.4 Å². The molecule has 1 atom stereocenters. The van der Waals surface area contributed by atoms with Crippen LogP contribution in [0, 0.1) is 5.92 Å². The standard InChI is InChI=1S/C13H24N2O4/c1-3-14(8-9-19-4-2)13(18)15-7-5-6-11(10-15)12(16)17/h11H,3-10H2,1-2H3,(H,16,17)/t11-/m0/s1. The first-order chi connectivity index (χ1) is 9.10. The Labute approximate surface area is 114 Å². The van der Waals surface area contributed by atoms with Crippen molar-refractivity contribution in [3.05, 3.63) is 0 Å². The van der Waals surface area contributed by atoms with E-state index in [1.165, 1.54) is 0 Å². The molecule has 0 bridgehead atoms. The zero-order chi connectivity index (χ0) is 14.3. The van der Waals surface area contributed by atoms with Crippen molar-refractivity contribution in [1.29, 1.82) is 0 Å². The van der Waals surface area contributed by atoms with E-state index in [1.807, 2.05) is 13.8 Å². The fraction of sp³-hybridized carbons (Fsp3) is 0.846. The SMILES string of the molecule is CCOCCN(CC)C(=O)N1CCC[C@H](C(=O)O)C1. The number of ether oxygens (including phenoxy) is 1. The van der Waals surface area contributed by atoms with E-state index in [0.717, 1.165) is 6.42 Å². The molecule has 0 radical (unpaired) electrons. The number of likely N-dealkylation sites (tertiary alicyclic amines) is 1. The predicted octanol–water partition coefficient (Wildman–Crippen LogP) is 1.26. The second-order valence-corrected chi connectivity index (χ2v) is 4.68. The number of carbonyl (C=O) groups excluding carboxylic acids is 1. The Morgan fingerprint density at radius 2 is 2.16 bits per heavy atom. The second-order valence-electron chi connectivity index (χ2n) is 4.68. The van der Waals surface area contributed by atoms with Gasteiger partial charge in [-0.15, -0.1) is 0 Å². The lowest BCUT2D eigenvalue weighted by Gasteiger charge is -2.34. The summed E-state index contributed by atoms with van der Waals surface area (Å²) >= 11 is 0. The lowest BCUT2D eigenvalue weighted by atomic mass is 9.99. The molecule has 0 aromatic carbocycles. The summed E-state index contributed by atoms with van der Waals surface area (Å²) in [6, 6.07) is -0.0758. The summed E-state index contributed by atoms with van der Waals surface area (Å²) in [6.07, 6.45) is 1.41. The molecule has 2 amide bonds. The number of likely N-dealkylation sites (N-methyl/N-ethyl adjacent to an activating group) is 1. The molecule has 1 heterocycles. The van der Waals surface area contributed by atoms with E-state index in [-0.39, 0.29) is 6.03 Å². The van der Waals surface area contributed by atoms with Gasteiger partial charge in [-0.25, -0.2) is 4.79 Å². The predicted molar refractivity (Wildman–Crippen MR) is 71.1 cm³/mol. The van der Waals surface area contributed by atoms with E-state index in [2.05, 4.69) is 0 Å². The van der Waals surface area contributed by atoms with E-state index in [9.17, 15) is 9.59 Å². The van der Waals surface area contributed by atoms with Gasteiger partial charge in [0.25, 0.3) is 0 Å². The van der Waals surface area contributed by atoms with E-state index in [1.54, 1.807) is 9.80 Å². The van der Waals surface area contributed by atoms with E-state index >= 15 is 0 Å². The third-order valence-electron chi connectivity index (χ3n) is 3.40. The number of carbonyl (C=O) groups is 2. The molecule has 19 heavy (non-hydrogen) atoms. The van der Waals surface area contributed by atoms with Crippen LogP contribution < -0.4 is 0 Å². The molecule has 1 rings (SSSR count). The number of amides is 2. The van der Waals surface area contributed by atoms with E-state index < -0.39 is 11.9 Å². The number of nitrogens with zero attached hydrogens (tertiary/aromatic N) is 2. The molecular formula is C13H24N2O4. The third kappa shape index (κ3) is 4.70. The molecule has 0 aromatic heterocycles. The molecule has 1 aliphatic heterocycles. The maximum absolute atomic E-state index is 12.3. The fourth-order valence-electron chi connectivity index (χ4n) is 2.26. The Morgan fingerprint density at radius 1 is 1.42 bits per heavy atom. The van der Waals surface area contributed by atoms with Gasteiger partial charge in [-0.2, -0.15) is 0 Å². The number of urea groups is 1. The van der Waals surface area contributed by atoms with Crippen molar-refractivity contribution >= 4 is 12.0 Å². The first-order valence-electron chi connectivity index (χ1n) is 6.94. The van der Waals surface area contributed by atoms with Gasteiger partial charge in [-0.3, -0.25) is 4.79 Å². The van der Waals surface area contributed by atoms with Crippen LogP contribution >= 0.6 is 0 Å². The zero-order valence-electron chi connectivity index (χ0n) is 11.8. The monoisotopic (exact) mass is 272 g/mol. The normalized spacial score (nSPS) is 19.3. The van der Waals surface area contributed by atoms with Crippen LogP contribution in [0.15, 0.2) is 0 Å². The molecular weight excluding hydrogens is 248 g/mol. The Bertz CT molecular complexity index is 309. The van der Waals surface area contributed by atoms with Crippen molar-refractivity contribution in [3.63, 3.8) is 0 Å². The minimum atomic E-state index is -0.810. The summed E-state index contributed by atoms with van der Waals surface area (Å²) in [5.41, 5.74) is 0. The lowest BCUT2D eigenvalue weighted by Crippen LogP contribution is -2.49. The average Bonchev–Trinajstić information content (AvgIpc) is 2.43. The Hall–Kier alpha value is -1.30. The summed E-state index contributed by atoms with van der Waals surface area (Å²) in [6.45, 7) is 7.12. The van der Waals surface area contributed by atoms with Gasteiger partial charge in [0, 0.05) is 32.8 Å². The number of hydrogen-bond acceptors (Lipinski definition) is 3. The minimum absolute atomic E-state index is 0.0758. The first-order valence-corrected chi connectivity index (χ1v) is 6.94. The van der Waals surface area contributed by atoms with Crippen LogP contribution in [0.4, 0.5) is 4.79 Å². The number of hydrogen-bond donors (Lipinski definition) is 1. The molecule has 0 aromatic rings. The van der Waals surface area contributed by atoms with Gasteiger partial charge in [0.05, 0.1) is 12.5 Å². The maximum Gasteiger partial charge on any atom is 0.320 e. The molecule has 6 nitrogen and oxygen atoms in total. The number of carboxylic acids is 1. The number of piperidine rings is 1. The Balaban J connectivity index is 2.51. The molecule has 110 valence electrons. The Kier molecular flexibility index (Phi) is 6.62. The summed E-state index contributed by atoms with van der Waals surface area (Å²) in [7, 11) is 0. The van der Waals surface area contributed by atoms with Gasteiger partial charge >= 0.3 is 12.0 Å². The van der Waals surface area contributed by atoms with Crippen LogP contribution in [0.3, 0.4) is 0 Å². The summed E-state index contributed by atoms with van der Waals surface area (Å²) in [5, 5.41) is 9.04. The second kappa shape index (κ2) is 7.99. The molecule has 1 saturated heterocycles. The largest absolute Gasteiger partial charge is 0.481 e. The molecule has 1 N–H and O–H groups in total. The summed E-state index contributed by atoms with van der Waals surface area (Å²) in [5.74, 6) is -1.24. The van der Waals surface area contributed by atoms with Crippen molar-refractivity contribution in [1.82, 2.24) is 9.80 Å². The topological polar surface area (TPSA) is 70.1 Å². The van der Waals surface area contributed by atoms with E-state index in [0.29, 0.717) is 45.8 Å². The third-order valence-corrected chi connectivity index (χ3v) is 3.40. The molecule has 0 spiro atoms. The quantitative estimate of drug-likeness (QED) is 0.739. The van der Waals surface area contributed by atoms with E-state index in [4.69, 9.17) is 9.84 Å². The van der Waals surface area contributed by atoms with Gasteiger partial charge in [0.1, 0.15) is 0 Å². The lowest BCUT2D eigenvalue weighted by molar-refractivity contribution is -0.143. The van der Waals surface area contributed by atoms with Crippen molar-refractivity contribution in [2.24, 2.45) is 5.92 Å². The van der Waals surface area contributed by atoms with Crippen molar-refractivity contribution < 1.29 is 19.4 Å². The molecule has 0 unspecified atom stereocenters. The molecule has 1 aliphatic rings. The van der Waals surface area contributed by atoms with Crippen LogP contribution in [-0.4, -0.2) is 66.3 Å². The van der Waals surface area contributed by atoms with Gasteiger partial charge in [0.2, 0.25) is 0 Å². The van der Waals surface area contributed by atoms with Crippen LogP contribution in [0.2, 0.25) is 0 Å². The Morgan fingerprint density at radius 3 is 2.74 bits per heavy atom. The van der Waals surface area contributed by atoms with Crippen molar-refractivity contribution in [3.8, 4) is 0 Å². The average molecular weight is 272 g/mol. The van der Waals surface area contributed by atoms with Crippen LogP contribution in [-0.2, 0) is 9.53 Å². The summed E-state index contributed by atoms with van der Waals surface area (Å²) < 4.78 is 5.26. The maximum atomic E-state index is 12.3. The number of carboxylic acid groups (broad SMARTS) is 1. The number of rotatable bonds is 6. The zero-order valence-corrected chi connectivity index (χ0v) is 11.8. The van der Waals surface area contributed by atoms with Crippen LogP contribution in [0.25, 0.3) is 0 Å². The fourth-order valence-corrected chi connectivity index (χ4v) is 2.26. The van der Waals surface area contributed by atoms with Crippen LogP contribution in [0.1, 0.15) is 26.7 Å². The molecule has 0 saturated carbocycles. The first kappa shape index (κ1) is 15.8. The van der Waals surface area contributed by atoms with Gasteiger partial charge in [0.15, 0.2) is 0 Å². The van der Waals surface area contributed by atoms with Crippen molar-refractivity contribution in [2.45, 2.75) is 26.7 Å². The molecule has 0 aliphatic carbocycles. The smallest absolute Gasteiger partial charge is 0.320 e. The van der Waals surface area contributed by atoms with Gasteiger partial charge < -0.3 is 19.6 Å². The highest BCUT2D eigenvalue weighted by atomic mass is 16.5. The van der Waals surface area contributed by atoms with Crippen LogP contribution in [0.5, 0.6) is 0 Å². The highest BCUT2D eigenvalue weighted by Gasteiger charge is 2.29. The minimum Gasteiger partial charge on any atom is -0.481 e. The number of aliphatic carboxylic acids is 1. The highest BCUT2D eigenvalue weighted by Crippen LogP contribution is 2.17. The molecule has 6 heteroatoms. The summed E-state index contributed by atoms with van der Waals surface area (Å²) in [4.78, 5) is 26.7. The van der Waals surface area contributed by atoms with Gasteiger partial charge in [-0.05, 0) is 26.7 Å². The van der Waals surface area contributed by atoms with Gasteiger partial charge in [-0.1, -0.05) is 0 Å². The highest BCUT2D eigenvalue weighted by molar-refractivity contribution is 5.76.